The summed E-state index contributed by atoms with van der Waals surface area (Å²) in [5, 5.41) is 9.48. The Labute approximate surface area is 74.2 Å². The zero-order valence-corrected chi connectivity index (χ0v) is 8.82. The van der Waals surface area contributed by atoms with Crippen LogP contribution in [0.3, 0.4) is 0 Å². The Kier molecular flexibility index (Phi) is 5.13. The SMILES string of the molecule is CCSCC(O)C[N+](C)(C)C. The van der Waals surface area contributed by atoms with Crippen LogP contribution in [0.1, 0.15) is 6.92 Å². The number of hydrogen-bond acceptors (Lipinski definition) is 2. The van der Waals surface area contributed by atoms with E-state index in [0.717, 1.165) is 22.5 Å². The van der Waals surface area contributed by atoms with E-state index in [9.17, 15) is 5.11 Å². The summed E-state index contributed by atoms with van der Waals surface area (Å²) in [5.74, 6) is 1.96. The molecular weight excluding hydrogens is 158 g/mol. The van der Waals surface area contributed by atoms with Crippen molar-refractivity contribution in [3.63, 3.8) is 0 Å². The second kappa shape index (κ2) is 5.01. The summed E-state index contributed by atoms with van der Waals surface area (Å²) < 4.78 is 0.839. The van der Waals surface area contributed by atoms with Crippen molar-refractivity contribution in [3.05, 3.63) is 0 Å². The molecule has 0 aromatic heterocycles. The van der Waals surface area contributed by atoms with E-state index in [2.05, 4.69) is 28.1 Å². The van der Waals surface area contributed by atoms with Crippen LogP contribution < -0.4 is 0 Å². The van der Waals surface area contributed by atoms with E-state index in [1.54, 1.807) is 11.8 Å². The molecule has 3 heteroatoms. The summed E-state index contributed by atoms with van der Waals surface area (Å²) in [5.41, 5.74) is 0. The van der Waals surface area contributed by atoms with Crippen molar-refractivity contribution in [2.75, 3.05) is 39.2 Å². The van der Waals surface area contributed by atoms with Gasteiger partial charge in [0.25, 0.3) is 0 Å². The summed E-state index contributed by atoms with van der Waals surface area (Å²) in [6, 6.07) is 0. The topological polar surface area (TPSA) is 20.2 Å². The fourth-order valence-electron chi connectivity index (χ4n) is 0.939. The van der Waals surface area contributed by atoms with Crippen LogP contribution in [0.4, 0.5) is 0 Å². The first-order chi connectivity index (χ1) is 4.95. The van der Waals surface area contributed by atoms with Gasteiger partial charge in [0.05, 0.1) is 21.1 Å². The highest BCUT2D eigenvalue weighted by molar-refractivity contribution is 7.99. The first kappa shape index (κ1) is 11.3. The van der Waals surface area contributed by atoms with Gasteiger partial charge in [0.2, 0.25) is 0 Å². The minimum atomic E-state index is -0.153. The van der Waals surface area contributed by atoms with Crippen molar-refractivity contribution in [1.82, 2.24) is 0 Å². The van der Waals surface area contributed by atoms with E-state index in [1.165, 1.54) is 0 Å². The van der Waals surface area contributed by atoms with Crippen molar-refractivity contribution >= 4 is 11.8 Å². The maximum atomic E-state index is 9.48. The predicted octanol–water partition coefficient (Wildman–Crippen LogP) is 0.807. The molecule has 0 heterocycles. The molecule has 0 saturated carbocycles. The van der Waals surface area contributed by atoms with Gasteiger partial charge in [0, 0.05) is 5.75 Å². The Morgan fingerprint density at radius 2 is 1.91 bits per heavy atom. The lowest BCUT2D eigenvalue weighted by molar-refractivity contribution is -0.873. The van der Waals surface area contributed by atoms with Gasteiger partial charge < -0.3 is 9.59 Å². The summed E-state index contributed by atoms with van der Waals surface area (Å²) in [7, 11) is 6.29. The predicted molar refractivity (Wildman–Crippen MR) is 51.9 cm³/mol. The van der Waals surface area contributed by atoms with Crippen LogP contribution in [0.5, 0.6) is 0 Å². The van der Waals surface area contributed by atoms with Crippen LogP contribution in [-0.2, 0) is 0 Å². The molecule has 0 aliphatic heterocycles. The van der Waals surface area contributed by atoms with E-state index in [4.69, 9.17) is 0 Å². The molecule has 0 saturated heterocycles. The zero-order chi connectivity index (χ0) is 8.91. The highest BCUT2D eigenvalue weighted by Crippen LogP contribution is 2.04. The lowest BCUT2D eigenvalue weighted by Crippen LogP contribution is -2.42. The maximum Gasteiger partial charge on any atom is 0.112 e. The van der Waals surface area contributed by atoms with Gasteiger partial charge in [-0.3, -0.25) is 0 Å². The van der Waals surface area contributed by atoms with Crippen LogP contribution >= 0.6 is 11.8 Å². The number of nitrogens with zero attached hydrogens (tertiary/aromatic N) is 1. The third-order valence-electron chi connectivity index (χ3n) is 1.27. The number of aliphatic hydroxyl groups excluding tert-OH is 1. The molecule has 1 N–H and O–H groups in total. The Hall–Kier alpha value is 0.270. The molecule has 0 aliphatic carbocycles. The monoisotopic (exact) mass is 178 g/mol. The normalized spacial score (nSPS) is 15.0. The van der Waals surface area contributed by atoms with Crippen molar-refractivity contribution in [3.8, 4) is 0 Å². The molecule has 0 bridgehead atoms. The summed E-state index contributed by atoms with van der Waals surface area (Å²) in [6.07, 6.45) is -0.153. The first-order valence-corrected chi connectivity index (χ1v) is 5.17. The molecule has 0 aliphatic rings. The summed E-state index contributed by atoms with van der Waals surface area (Å²) in [6.45, 7) is 2.95. The molecular formula is C8H20NOS+. The summed E-state index contributed by atoms with van der Waals surface area (Å²) in [4.78, 5) is 0. The van der Waals surface area contributed by atoms with E-state index >= 15 is 0 Å². The van der Waals surface area contributed by atoms with Gasteiger partial charge in [-0.25, -0.2) is 0 Å². The second-order valence-corrected chi connectivity index (χ2v) is 5.11. The molecule has 11 heavy (non-hydrogen) atoms. The van der Waals surface area contributed by atoms with Gasteiger partial charge in [-0.2, -0.15) is 11.8 Å². The average molecular weight is 178 g/mol. The molecule has 0 aromatic rings. The fourth-order valence-corrected chi connectivity index (χ4v) is 1.55. The third kappa shape index (κ3) is 8.17. The standard InChI is InChI=1S/C8H20NOS/c1-5-11-7-8(10)6-9(2,3)4/h8,10H,5-7H2,1-4H3/q+1. The van der Waals surface area contributed by atoms with E-state index < -0.39 is 0 Å². The minimum Gasteiger partial charge on any atom is -0.386 e. The van der Waals surface area contributed by atoms with Gasteiger partial charge in [0.1, 0.15) is 12.6 Å². The number of rotatable bonds is 5. The molecule has 1 unspecified atom stereocenters. The van der Waals surface area contributed by atoms with Gasteiger partial charge >= 0.3 is 0 Å². The Morgan fingerprint density at radius 1 is 1.36 bits per heavy atom. The van der Waals surface area contributed by atoms with E-state index in [0.29, 0.717) is 0 Å². The van der Waals surface area contributed by atoms with Gasteiger partial charge in [-0.1, -0.05) is 6.92 Å². The highest BCUT2D eigenvalue weighted by atomic mass is 32.2. The number of thioether (sulfide) groups is 1. The van der Waals surface area contributed by atoms with Crippen LogP contribution in [0.15, 0.2) is 0 Å². The van der Waals surface area contributed by atoms with Crippen LogP contribution in [0, 0.1) is 0 Å². The molecule has 0 rings (SSSR count). The number of likely N-dealkylation sites (N-methyl/N-ethyl adjacent to an activating group) is 1. The summed E-state index contributed by atoms with van der Waals surface area (Å²) >= 11 is 1.80. The van der Waals surface area contributed by atoms with Gasteiger partial charge in [-0.05, 0) is 5.75 Å². The molecule has 0 spiro atoms. The molecule has 2 nitrogen and oxygen atoms in total. The number of hydrogen-bond donors (Lipinski definition) is 1. The smallest absolute Gasteiger partial charge is 0.112 e. The van der Waals surface area contributed by atoms with Crippen LogP contribution in [-0.4, -0.2) is 54.9 Å². The van der Waals surface area contributed by atoms with E-state index in [1.807, 2.05) is 0 Å². The van der Waals surface area contributed by atoms with Gasteiger partial charge in [-0.15, -0.1) is 0 Å². The van der Waals surface area contributed by atoms with Crippen LogP contribution in [0.25, 0.3) is 0 Å². The average Bonchev–Trinajstić information content (AvgIpc) is 1.79. The molecule has 0 fully saturated rings. The largest absolute Gasteiger partial charge is 0.386 e. The lowest BCUT2D eigenvalue weighted by atomic mass is 10.3. The Balaban J connectivity index is 3.44. The molecule has 68 valence electrons. The van der Waals surface area contributed by atoms with E-state index in [-0.39, 0.29) is 6.10 Å². The van der Waals surface area contributed by atoms with Gasteiger partial charge in [0.15, 0.2) is 0 Å². The molecule has 0 aromatic carbocycles. The minimum absolute atomic E-state index is 0.153. The molecule has 0 amide bonds. The van der Waals surface area contributed by atoms with Crippen molar-refractivity contribution in [2.24, 2.45) is 0 Å². The van der Waals surface area contributed by atoms with Crippen molar-refractivity contribution < 1.29 is 9.59 Å². The van der Waals surface area contributed by atoms with Crippen LogP contribution in [0.2, 0.25) is 0 Å². The molecule has 1 atom stereocenters. The first-order valence-electron chi connectivity index (χ1n) is 4.02. The third-order valence-corrected chi connectivity index (χ3v) is 2.30. The maximum absolute atomic E-state index is 9.48. The molecule has 0 radical (unpaired) electrons. The fraction of sp³-hybridized carbons (Fsp3) is 1.00. The quantitative estimate of drug-likeness (QED) is 0.629. The second-order valence-electron chi connectivity index (χ2n) is 3.79. The van der Waals surface area contributed by atoms with Crippen molar-refractivity contribution in [1.29, 1.82) is 0 Å². The number of quaternary nitrogens is 1. The lowest BCUT2D eigenvalue weighted by Gasteiger charge is -2.26. The Morgan fingerprint density at radius 3 is 2.27 bits per heavy atom. The highest BCUT2D eigenvalue weighted by Gasteiger charge is 2.14. The Bertz CT molecular complexity index is 101. The number of aliphatic hydroxyl groups is 1. The van der Waals surface area contributed by atoms with Crippen molar-refractivity contribution in [2.45, 2.75) is 13.0 Å². The zero-order valence-electron chi connectivity index (χ0n) is 8.00.